The first-order chi connectivity index (χ1) is 18.8. The third kappa shape index (κ3) is 5.82. The quantitative estimate of drug-likeness (QED) is 0.0590. The molecule has 1 fully saturated rings. The first-order valence-corrected chi connectivity index (χ1v) is 14.4. The number of nitrogens with two attached hydrogens (primary N) is 2. The van der Waals surface area contributed by atoms with Crippen LogP contribution in [0.15, 0.2) is 39.2 Å². The molecule has 2 aliphatic rings. The second-order valence-corrected chi connectivity index (χ2v) is 12.0. The van der Waals surface area contributed by atoms with Crippen molar-refractivity contribution in [2.45, 2.75) is 36.0 Å². The van der Waals surface area contributed by atoms with Gasteiger partial charge in [-0.1, -0.05) is 5.16 Å². The zero-order valence-corrected chi connectivity index (χ0v) is 23.8. The number of rotatable bonds is 10. The molecule has 2 amide bonds. The van der Waals surface area contributed by atoms with E-state index in [4.69, 9.17) is 16.3 Å². The van der Waals surface area contributed by atoms with Crippen molar-refractivity contribution in [3.05, 3.63) is 34.6 Å². The number of nitrogens with one attached hydrogen (secondary N) is 1. The van der Waals surface area contributed by atoms with Crippen molar-refractivity contribution in [3.8, 4) is 0 Å². The maximum atomic E-state index is 13.2. The predicted octanol–water partition coefficient (Wildman–Crippen LogP) is -1.69. The third-order valence-electron chi connectivity index (χ3n) is 5.76. The van der Waals surface area contributed by atoms with Crippen LogP contribution in [-0.4, -0.2) is 78.0 Å². The molecule has 0 spiro atoms. The number of hydrogen-bond acceptors (Lipinski definition) is 14. The van der Waals surface area contributed by atoms with E-state index in [-0.39, 0.29) is 28.0 Å². The molecular weight excluding hydrogens is 584 g/mol. The van der Waals surface area contributed by atoms with E-state index in [1.165, 1.54) is 42.8 Å². The number of carbonyl (C=O) groups excluding carboxylic acids is 3. The van der Waals surface area contributed by atoms with E-state index >= 15 is 0 Å². The minimum Gasteiger partial charge on any atom is -0.543 e. The number of thiazole rings is 1. The predicted molar refractivity (Wildman–Crippen MR) is 143 cm³/mol. The van der Waals surface area contributed by atoms with Gasteiger partial charge in [0.1, 0.15) is 17.1 Å². The van der Waals surface area contributed by atoms with Gasteiger partial charge in [-0.15, -0.1) is 23.1 Å². The number of aromatic nitrogens is 3. The summed E-state index contributed by atoms with van der Waals surface area (Å²) in [6, 6.07) is 0.533. The van der Waals surface area contributed by atoms with Crippen molar-refractivity contribution in [3.63, 3.8) is 0 Å². The number of thioether (sulfide) groups is 2. The maximum absolute atomic E-state index is 13.2. The second-order valence-electron chi connectivity index (χ2n) is 9.05. The van der Waals surface area contributed by atoms with E-state index in [0.717, 1.165) is 16.2 Å². The summed E-state index contributed by atoms with van der Waals surface area (Å²) in [5.41, 5.74) is 9.47. The Labute approximate surface area is 239 Å². The first-order valence-electron chi connectivity index (χ1n) is 11.4. The molecule has 15 nitrogen and oxygen atoms in total. The van der Waals surface area contributed by atoms with Crippen molar-refractivity contribution in [1.82, 2.24) is 20.2 Å². The van der Waals surface area contributed by atoms with Crippen molar-refractivity contribution in [2.24, 2.45) is 12.2 Å². The summed E-state index contributed by atoms with van der Waals surface area (Å²) >= 11 is 3.54. The molecule has 1 unspecified atom stereocenters. The van der Waals surface area contributed by atoms with Gasteiger partial charge in [-0.2, -0.15) is 0 Å². The fraction of sp³-hybridized carbons (Fsp3) is 0.364. The van der Waals surface area contributed by atoms with Crippen molar-refractivity contribution < 1.29 is 38.8 Å². The summed E-state index contributed by atoms with van der Waals surface area (Å²) in [5, 5.41) is 29.0. The van der Waals surface area contributed by atoms with Gasteiger partial charge in [-0.3, -0.25) is 14.5 Å². The molecular formula is C22H24N8O7S3. The molecule has 6 N–H and O–H groups in total. The molecule has 1 saturated heterocycles. The lowest BCUT2D eigenvalue weighted by Gasteiger charge is -2.50. The smallest absolute Gasteiger partial charge is 0.361 e. The summed E-state index contributed by atoms with van der Waals surface area (Å²) < 4.78 is 1.73. The van der Waals surface area contributed by atoms with Gasteiger partial charge in [-0.05, 0) is 36.2 Å². The standard InChI is InChI=1S/C22H24N8O7S3/c1-22(2,19(35)36)37-28-12(10-8-39-20(24)25-10)15(31)27-13-16(32)30-14(18(33)34)9(6-38-17(13)30)7-40-21-26-11(23)4-5-29(21)3/h4-5,8,13,17,23H,6-7H2,1-3H3,(H5,24,25,27,31,33,34,35,36)/b28-12-/t13?,17-/m1/s1. The molecule has 2 aromatic heterocycles. The topological polar surface area (TPSA) is 230 Å². The van der Waals surface area contributed by atoms with Crippen LogP contribution in [-0.2, 0) is 31.1 Å². The zero-order valence-electron chi connectivity index (χ0n) is 21.3. The lowest BCUT2D eigenvalue weighted by Crippen LogP contribution is -2.71. The lowest BCUT2D eigenvalue weighted by atomic mass is 10.0. The molecule has 0 radical (unpaired) electrons. The van der Waals surface area contributed by atoms with E-state index < -0.39 is 46.5 Å². The average Bonchev–Trinajstić information content (AvgIpc) is 3.32. The van der Waals surface area contributed by atoms with Crippen LogP contribution in [0.25, 0.3) is 0 Å². The highest BCUT2D eigenvalue weighted by molar-refractivity contribution is 8.01. The minimum absolute atomic E-state index is 0.0130. The Morgan fingerprint density at radius 2 is 2.10 bits per heavy atom. The van der Waals surface area contributed by atoms with Crippen LogP contribution in [0.4, 0.5) is 10.9 Å². The van der Waals surface area contributed by atoms with Gasteiger partial charge in [0, 0.05) is 23.0 Å². The Morgan fingerprint density at radius 1 is 1.38 bits per heavy atom. The Morgan fingerprint density at radius 3 is 2.73 bits per heavy atom. The fourth-order valence-corrected chi connectivity index (χ4v) is 6.56. The molecule has 212 valence electrons. The average molecular weight is 609 g/mol. The highest BCUT2D eigenvalue weighted by atomic mass is 32.2. The van der Waals surface area contributed by atoms with Crippen LogP contribution in [0.2, 0.25) is 0 Å². The van der Waals surface area contributed by atoms with E-state index in [0.29, 0.717) is 16.5 Å². The summed E-state index contributed by atoms with van der Waals surface area (Å²) in [5.74, 6) is -3.62. The number of carboxylic acid groups (broad SMARTS) is 2. The number of aryl methyl sites for hydroxylation is 1. The van der Waals surface area contributed by atoms with Crippen molar-refractivity contribution in [1.29, 1.82) is 0 Å². The van der Waals surface area contributed by atoms with Gasteiger partial charge in [-0.25, -0.2) is 14.3 Å². The fourth-order valence-electron chi connectivity index (χ4n) is 3.56. The Bertz CT molecular complexity index is 1460. The highest BCUT2D eigenvalue weighted by Gasteiger charge is 2.53. The van der Waals surface area contributed by atoms with Gasteiger partial charge in [0.15, 0.2) is 10.8 Å². The van der Waals surface area contributed by atoms with Crippen LogP contribution < -0.4 is 26.5 Å². The molecule has 40 heavy (non-hydrogen) atoms. The van der Waals surface area contributed by atoms with Gasteiger partial charge in [0.25, 0.3) is 11.8 Å². The summed E-state index contributed by atoms with van der Waals surface area (Å²) in [7, 11) is 1.77. The van der Waals surface area contributed by atoms with Crippen LogP contribution >= 0.6 is 34.9 Å². The zero-order chi connectivity index (χ0) is 29.4. The Balaban J connectivity index is 1.53. The molecule has 0 saturated carbocycles. The van der Waals surface area contributed by atoms with Gasteiger partial charge < -0.3 is 36.6 Å². The number of nitrogens with zero attached hydrogens (tertiary/aromatic N) is 5. The van der Waals surface area contributed by atoms with Crippen LogP contribution in [0.1, 0.15) is 19.5 Å². The molecule has 2 aromatic rings. The highest BCUT2D eigenvalue weighted by Crippen LogP contribution is 2.41. The first kappa shape index (κ1) is 29.1. The minimum atomic E-state index is -1.77. The molecule has 4 heterocycles. The van der Waals surface area contributed by atoms with Crippen LogP contribution in [0.5, 0.6) is 0 Å². The largest absolute Gasteiger partial charge is 0.543 e. The van der Waals surface area contributed by atoms with Gasteiger partial charge in [0.05, 0.1) is 24.9 Å². The van der Waals surface area contributed by atoms with Crippen LogP contribution in [0.3, 0.4) is 0 Å². The number of hydrogen-bond donors (Lipinski definition) is 4. The second kappa shape index (κ2) is 11.3. The van der Waals surface area contributed by atoms with E-state index in [1.807, 2.05) is 0 Å². The normalized spacial score (nSPS) is 19.1. The lowest BCUT2D eigenvalue weighted by molar-refractivity contribution is -0.713. The van der Waals surface area contributed by atoms with Crippen molar-refractivity contribution >= 4 is 75.3 Å². The van der Waals surface area contributed by atoms with Crippen LogP contribution in [0, 0.1) is 0 Å². The monoisotopic (exact) mass is 608 g/mol. The number of nitrogen functional groups attached to an aromatic ring is 2. The number of amides is 2. The molecule has 4 rings (SSSR count). The molecule has 2 aliphatic heterocycles. The molecule has 2 atom stereocenters. The molecule has 18 heteroatoms. The summed E-state index contributed by atoms with van der Waals surface area (Å²) in [4.78, 5) is 64.1. The number of aliphatic carboxylic acids is 2. The Kier molecular flexibility index (Phi) is 8.22. The van der Waals surface area contributed by atoms with Crippen molar-refractivity contribution in [2.75, 3.05) is 23.0 Å². The number of carboxylic acids is 2. The number of fused-ring (bicyclic) bond motifs is 1. The number of anilines is 2. The summed E-state index contributed by atoms with van der Waals surface area (Å²) in [6.45, 7) is 2.48. The third-order valence-corrected chi connectivity index (χ3v) is 8.90. The number of oxime groups is 1. The van der Waals surface area contributed by atoms with Gasteiger partial charge in [0.2, 0.25) is 11.4 Å². The van der Waals surface area contributed by atoms with E-state index in [9.17, 15) is 29.4 Å². The molecule has 0 aliphatic carbocycles. The molecule has 0 bridgehead atoms. The maximum Gasteiger partial charge on any atom is 0.361 e. The number of carbonyl (C=O) groups is 4. The van der Waals surface area contributed by atoms with E-state index in [1.54, 1.807) is 23.9 Å². The summed E-state index contributed by atoms with van der Waals surface area (Å²) in [6.07, 6.45) is 1.72. The van der Waals surface area contributed by atoms with E-state index in [2.05, 4.69) is 20.4 Å². The SMILES string of the molecule is C[n+]1ccc(N)nc1SCC1=C(C(=O)[O-])N2C(=O)C(NC(=O)/C(=N\OC(C)(C)C(=O)O)c3csc(N)n3)[C@H]2SC1. The Hall–Kier alpha value is -3.90. The molecule has 0 aromatic carbocycles. The number of β-lactam (4-membered cyclic amide) rings is 1. The van der Waals surface area contributed by atoms with Gasteiger partial charge >= 0.3 is 11.1 Å².